The fourth-order valence-corrected chi connectivity index (χ4v) is 2.44. The van der Waals surface area contributed by atoms with Crippen LogP contribution in [0.4, 0.5) is 0 Å². The maximum absolute atomic E-state index is 11.5. The molecule has 1 fully saturated rings. The second-order valence-electron chi connectivity index (χ2n) is 6.09. The van der Waals surface area contributed by atoms with E-state index in [1.165, 1.54) is 30.4 Å². The molecule has 116 valence electrons. The van der Waals surface area contributed by atoms with E-state index in [2.05, 4.69) is 48.7 Å². The topological polar surface area (TPSA) is 41.1 Å². The van der Waals surface area contributed by atoms with E-state index in [0.29, 0.717) is 18.5 Å². The third-order valence-corrected chi connectivity index (χ3v) is 4.12. The van der Waals surface area contributed by atoms with Gasteiger partial charge in [-0.25, -0.2) is 0 Å². The van der Waals surface area contributed by atoms with Gasteiger partial charge in [-0.3, -0.25) is 4.79 Å². The third-order valence-electron chi connectivity index (χ3n) is 4.12. The Morgan fingerprint density at radius 1 is 1.24 bits per heavy atom. The molecule has 3 nitrogen and oxygen atoms in total. The summed E-state index contributed by atoms with van der Waals surface area (Å²) in [5.74, 6) is 0.530. The summed E-state index contributed by atoms with van der Waals surface area (Å²) in [5, 5.41) is 6.44. The van der Waals surface area contributed by atoms with E-state index in [0.717, 1.165) is 19.4 Å². The van der Waals surface area contributed by atoms with E-state index in [9.17, 15) is 4.79 Å². The summed E-state index contributed by atoms with van der Waals surface area (Å²) in [6.45, 7) is 5.93. The number of hydrogen-bond acceptors (Lipinski definition) is 2. The number of amides is 1. The Balaban J connectivity index is 1.67. The summed E-state index contributed by atoms with van der Waals surface area (Å²) >= 11 is 0. The first-order valence-electron chi connectivity index (χ1n) is 8.30. The number of carbonyl (C=O) groups excluding carboxylic acids is 1. The van der Waals surface area contributed by atoms with E-state index < -0.39 is 0 Å². The van der Waals surface area contributed by atoms with Gasteiger partial charge in [0.15, 0.2) is 0 Å². The monoisotopic (exact) mass is 288 g/mol. The average Bonchev–Trinajstić information content (AvgIpc) is 3.34. The molecule has 0 bridgehead atoms. The number of benzene rings is 1. The molecule has 0 heterocycles. The Kier molecular flexibility index (Phi) is 6.24. The molecule has 1 aromatic rings. The van der Waals surface area contributed by atoms with Crippen molar-refractivity contribution in [3.8, 4) is 0 Å². The lowest BCUT2D eigenvalue weighted by Crippen LogP contribution is -2.33. The minimum absolute atomic E-state index is 0.227. The first kappa shape index (κ1) is 16.0. The van der Waals surface area contributed by atoms with Crippen LogP contribution in [0.15, 0.2) is 24.3 Å². The number of aryl methyl sites for hydroxylation is 1. The van der Waals surface area contributed by atoms with Gasteiger partial charge in [0.2, 0.25) is 5.91 Å². The predicted molar refractivity (Wildman–Crippen MR) is 87.2 cm³/mol. The van der Waals surface area contributed by atoms with Crippen LogP contribution in [0.3, 0.4) is 0 Å². The van der Waals surface area contributed by atoms with Crippen molar-refractivity contribution in [1.29, 1.82) is 0 Å². The Hall–Kier alpha value is -1.35. The van der Waals surface area contributed by atoms with E-state index >= 15 is 0 Å². The maximum Gasteiger partial charge on any atom is 0.223 e. The highest BCUT2D eigenvalue weighted by atomic mass is 16.2. The fraction of sp³-hybridized carbons (Fsp3) is 0.611. The molecule has 2 N–H and O–H groups in total. The van der Waals surface area contributed by atoms with Gasteiger partial charge in [0.05, 0.1) is 0 Å². The summed E-state index contributed by atoms with van der Waals surface area (Å²) in [4.78, 5) is 11.5. The van der Waals surface area contributed by atoms with Gasteiger partial charge >= 0.3 is 0 Å². The molecular weight excluding hydrogens is 260 g/mol. The molecule has 1 aromatic carbocycles. The van der Waals surface area contributed by atoms with E-state index in [1.54, 1.807) is 0 Å². The van der Waals surface area contributed by atoms with Gasteiger partial charge < -0.3 is 10.6 Å². The van der Waals surface area contributed by atoms with Gasteiger partial charge in [0.1, 0.15) is 0 Å². The van der Waals surface area contributed by atoms with Crippen molar-refractivity contribution in [2.45, 2.75) is 52.0 Å². The highest BCUT2D eigenvalue weighted by Crippen LogP contribution is 2.28. The molecule has 0 spiro atoms. The van der Waals surface area contributed by atoms with Gasteiger partial charge in [0, 0.05) is 25.0 Å². The average molecular weight is 288 g/mol. The summed E-state index contributed by atoms with van der Waals surface area (Å²) in [6, 6.07) is 9.22. The van der Waals surface area contributed by atoms with Crippen LogP contribution in [0.25, 0.3) is 0 Å². The summed E-state index contributed by atoms with van der Waals surface area (Å²) in [6.07, 6.45) is 5.81. The Labute approximate surface area is 128 Å². The molecule has 0 aliphatic heterocycles. The van der Waals surface area contributed by atoms with Crippen LogP contribution in [-0.4, -0.2) is 19.0 Å². The normalized spacial score (nSPS) is 15.7. The fourth-order valence-electron chi connectivity index (χ4n) is 2.44. The Bertz CT molecular complexity index is 437. The summed E-state index contributed by atoms with van der Waals surface area (Å²) < 4.78 is 0. The first-order chi connectivity index (χ1) is 10.2. The van der Waals surface area contributed by atoms with Gasteiger partial charge in [-0.15, -0.1) is 0 Å². The van der Waals surface area contributed by atoms with Crippen LogP contribution in [0.5, 0.6) is 0 Å². The van der Waals surface area contributed by atoms with Crippen molar-refractivity contribution in [3.05, 3.63) is 35.4 Å². The molecule has 1 aliphatic rings. The van der Waals surface area contributed by atoms with Crippen molar-refractivity contribution >= 4 is 5.91 Å². The Morgan fingerprint density at radius 3 is 2.57 bits per heavy atom. The molecule has 0 aromatic heterocycles. The minimum atomic E-state index is 0.227. The molecule has 1 atom stereocenters. The standard InChI is InChI=1S/C18H28N2O/c1-3-4-5-15-6-8-16(9-7-15)14(2)19-12-13-20-18(21)17-10-11-17/h6-9,14,17,19H,3-5,10-13H2,1-2H3,(H,20,21). The summed E-state index contributed by atoms with van der Waals surface area (Å²) in [5.41, 5.74) is 2.73. The van der Waals surface area contributed by atoms with E-state index in [4.69, 9.17) is 0 Å². The second-order valence-corrected chi connectivity index (χ2v) is 6.09. The lowest BCUT2D eigenvalue weighted by molar-refractivity contribution is -0.122. The number of rotatable bonds is 9. The van der Waals surface area contributed by atoms with Crippen molar-refractivity contribution in [1.82, 2.24) is 10.6 Å². The van der Waals surface area contributed by atoms with Crippen molar-refractivity contribution in [2.24, 2.45) is 5.92 Å². The zero-order valence-electron chi connectivity index (χ0n) is 13.3. The number of nitrogens with one attached hydrogen (secondary N) is 2. The Morgan fingerprint density at radius 2 is 1.95 bits per heavy atom. The van der Waals surface area contributed by atoms with E-state index in [1.807, 2.05) is 0 Å². The minimum Gasteiger partial charge on any atom is -0.355 e. The number of carbonyl (C=O) groups is 1. The SMILES string of the molecule is CCCCc1ccc(C(C)NCCNC(=O)C2CC2)cc1. The molecule has 0 saturated heterocycles. The largest absolute Gasteiger partial charge is 0.355 e. The van der Waals surface area contributed by atoms with Crippen LogP contribution in [-0.2, 0) is 11.2 Å². The van der Waals surface area contributed by atoms with Crippen LogP contribution in [0.1, 0.15) is 56.7 Å². The third kappa shape index (κ3) is 5.50. The smallest absolute Gasteiger partial charge is 0.223 e. The van der Waals surface area contributed by atoms with Gasteiger partial charge in [0.25, 0.3) is 0 Å². The lowest BCUT2D eigenvalue weighted by atomic mass is 10.0. The van der Waals surface area contributed by atoms with Crippen LogP contribution in [0.2, 0.25) is 0 Å². The zero-order chi connectivity index (χ0) is 15.1. The second kappa shape index (κ2) is 8.18. The van der Waals surface area contributed by atoms with Crippen LogP contribution in [0, 0.1) is 5.92 Å². The van der Waals surface area contributed by atoms with Crippen molar-refractivity contribution in [2.75, 3.05) is 13.1 Å². The lowest BCUT2D eigenvalue weighted by Gasteiger charge is -2.15. The van der Waals surface area contributed by atoms with E-state index in [-0.39, 0.29) is 5.91 Å². The molecule has 21 heavy (non-hydrogen) atoms. The number of hydrogen-bond donors (Lipinski definition) is 2. The maximum atomic E-state index is 11.5. The zero-order valence-corrected chi connectivity index (χ0v) is 13.3. The summed E-state index contributed by atoms with van der Waals surface area (Å²) in [7, 11) is 0. The highest BCUT2D eigenvalue weighted by Gasteiger charge is 2.28. The van der Waals surface area contributed by atoms with Gasteiger partial charge in [-0.1, -0.05) is 37.6 Å². The van der Waals surface area contributed by atoms with Gasteiger partial charge in [-0.05, 0) is 43.7 Å². The molecule has 1 unspecified atom stereocenters. The predicted octanol–water partition coefficient (Wildman–Crippen LogP) is 3.21. The molecular formula is C18H28N2O. The highest BCUT2D eigenvalue weighted by molar-refractivity contribution is 5.80. The quantitative estimate of drug-likeness (QED) is 0.685. The molecule has 1 aliphatic carbocycles. The van der Waals surface area contributed by atoms with Crippen LogP contribution >= 0.6 is 0 Å². The van der Waals surface area contributed by atoms with Gasteiger partial charge in [-0.2, -0.15) is 0 Å². The van der Waals surface area contributed by atoms with Crippen molar-refractivity contribution < 1.29 is 4.79 Å². The molecule has 2 rings (SSSR count). The van der Waals surface area contributed by atoms with Crippen molar-refractivity contribution in [3.63, 3.8) is 0 Å². The molecule has 1 saturated carbocycles. The molecule has 1 amide bonds. The van der Waals surface area contributed by atoms with Crippen LogP contribution < -0.4 is 10.6 Å². The molecule has 0 radical (unpaired) electrons. The number of unbranched alkanes of at least 4 members (excludes halogenated alkanes) is 1. The first-order valence-corrected chi connectivity index (χ1v) is 8.30. The molecule has 3 heteroatoms.